The van der Waals surface area contributed by atoms with E-state index in [1.165, 1.54) is 22.9 Å². The van der Waals surface area contributed by atoms with Crippen molar-refractivity contribution < 1.29 is 19.1 Å². The van der Waals surface area contributed by atoms with E-state index in [2.05, 4.69) is 58.7 Å². The molecule has 0 bridgehead atoms. The Hall–Kier alpha value is -5.17. The van der Waals surface area contributed by atoms with Gasteiger partial charge in [-0.2, -0.15) is 0 Å². The summed E-state index contributed by atoms with van der Waals surface area (Å²) in [6.07, 6.45) is 3.26. The normalized spacial score (nSPS) is 20.3. The summed E-state index contributed by atoms with van der Waals surface area (Å²) < 4.78 is 5.93. The molecule has 1 fully saturated rings. The van der Waals surface area contributed by atoms with Gasteiger partial charge in [-0.3, -0.25) is 14.9 Å². The number of amides is 4. The molecule has 1 N–H and O–H groups in total. The molecule has 226 valence electrons. The Morgan fingerprint density at radius 1 is 0.778 bits per heavy atom. The highest BCUT2D eigenvalue weighted by Crippen LogP contribution is 2.50. The monoisotopic (exact) mass is 597 g/mol. The lowest BCUT2D eigenvalue weighted by Crippen LogP contribution is -2.54. The highest BCUT2D eigenvalue weighted by molar-refractivity contribution is 6.39. The molecule has 4 aromatic rings. The van der Waals surface area contributed by atoms with Crippen LogP contribution in [0.25, 0.3) is 6.08 Å². The number of imide groups is 2. The number of hydrogen-bond acceptors (Lipinski definition) is 5. The second-order valence-corrected chi connectivity index (χ2v) is 12.1. The van der Waals surface area contributed by atoms with E-state index in [-0.39, 0.29) is 23.5 Å². The first kappa shape index (κ1) is 28.6. The van der Waals surface area contributed by atoms with Crippen LogP contribution in [0.2, 0.25) is 0 Å². The molecule has 4 aromatic carbocycles. The summed E-state index contributed by atoms with van der Waals surface area (Å²) in [6.45, 7) is 5.70. The summed E-state index contributed by atoms with van der Waals surface area (Å²) in [5, 5.41) is 2.42. The van der Waals surface area contributed by atoms with Gasteiger partial charge < -0.3 is 9.64 Å². The van der Waals surface area contributed by atoms with Crippen molar-refractivity contribution in [2.75, 3.05) is 22.9 Å². The maximum absolute atomic E-state index is 14.2. The van der Waals surface area contributed by atoms with E-state index in [1.807, 2.05) is 50.2 Å². The topological polar surface area (TPSA) is 79.0 Å². The van der Waals surface area contributed by atoms with E-state index < -0.39 is 17.8 Å². The van der Waals surface area contributed by atoms with Crippen LogP contribution in [-0.2, 0) is 9.59 Å². The maximum Gasteiger partial charge on any atom is 0.335 e. The number of carbonyl (C=O) groups is 3. The van der Waals surface area contributed by atoms with Crippen molar-refractivity contribution in [2.24, 2.45) is 0 Å². The Balaban J connectivity index is 1.38. The molecule has 2 atom stereocenters. The molecule has 0 radical (unpaired) electrons. The van der Waals surface area contributed by atoms with Crippen molar-refractivity contribution in [3.63, 3.8) is 0 Å². The third-order valence-corrected chi connectivity index (χ3v) is 8.94. The minimum absolute atomic E-state index is 0.0966. The number of urea groups is 1. The van der Waals surface area contributed by atoms with Crippen molar-refractivity contribution in [3.05, 3.63) is 130 Å². The molecule has 0 spiro atoms. The zero-order valence-electron chi connectivity index (χ0n) is 25.4. The minimum atomic E-state index is -0.753. The highest BCUT2D eigenvalue weighted by Gasteiger charge is 2.40. The van der Waals surface area contributed by atoms with Gasteiger partial charge in [0.1, 0.15) is 11.3 Å². The standard InChI is InChI=1S/C38H35N3O4/c1-24(2)45-34-16-10-9-15-27(34)21-33-36(42)39-38(44)41(37(33)43)28-22-31-29(25-11-5-3-6-12-25)17-19-40-20-18-30(32(23-28)35(31)40)26-13-7-4-8-14-26/h3-16,21-24,29-30H,17-20H2,1-2H3,(H,39,42,44)/b33-21+/t29-,30+. The number of nitrogens with zero attached hydrogens (tertiary/aromatic N) is 2. The van der Waals surface area contributed by atoms with Crippen molar-refractivity contribution >= 4 is 35.3 Å². The number of rotatable bonds is 6. The van der Waals surface area contributed by atoms with E-state index in [1.54, 1.807) is 12.1 Å². The summed E-state index contributed by atoms with van der Waals surface area (Å²) in [7, 11) is 0. The fraction of sp³-hybridized carbons (Fsp3) is 0.237. The van der Waals surface area contributed by atoms with Crippen LogP contribution in [-0.4, -0.2) is 37.0 Å². The van der Waals surface area contributed by atoms with Crippen LogP contribution >= 0.6 is 0 Å². The minimum Gasteiger partial charge on any atom is -0.490 e. The number of ether oxygens (including phenoxy) is 1. The van der Waals surface area contributed by atoms with E-state index in [0.29, 0.717) is 17.0 Å². The quantitative estimate of drug-likeness (QED) is 0.191. The lowest BCUT2D eigenvalue weighted by atomic mass is 9.76. The molecule has 3 aliphatic heterocycles. The summed E-state index contributed by atoms with van der Waals surface area (Å²) >= 11 is 0. The lowest BCUT2D eigenvalue weighted by Gasteiger charge is -2.44. The number of nitrogens with one attached hydrogen (secondary N) is 1. The second kappa shape index (κ2) is 11.7. The average Bonchev–Trinajstić information content (AvgIpc) is 3.04. The molecule has 0 saturated carbocycles. The van der Waals surface area contributed by atoms with E-state index in [0.717, 1.165) is 42.0 Å². The molecule has 0 aromatic heterocycles. The Bertz CT molecular complexity index is 1740. The van der Waals surface area contributed by atoms with Gasteiger partial charge in [0.05, 0.1) is 11.8 Å². The van der Waals surface area contributed by atoms with Gasteiger partial charge in [-0.15, -0.1) is 0 Å². The van der Waals surface area contributed by atoms with Gasteiger partial charge in [-0.05, 0) is 73.2 Å². The first-order chi connectivity index (χ1) is 21.9. The van der Waals surface area contributed by atoms with Crippen LogP contribution in [0.3, 0.4) is 0 Å². The number of hydrogen-bond donors (Lipinski definition) is 1. The van der Waals surface area contributed by atoms with Gasteiger partial charge in [0.15, 0.2) is 0 Å². The molecule has 3 heterocycles. The third kappa shape index (κ3) is 5.29. The van der Waals surface area contributed by atoms with Crippen LogP contribution in [0.15, 0.2) is 103 Å². The first-order valence-corrected chi connectivity index (χ1v) is 15.6. The molecule has 0 aliphatic carbocycles. The maximum atomic E-state index is 14.2. The van der Waals surface area contributed by atoms with Gasteiger partial charge >= 0.3 is 6.03 Å². The summed E-state index contributed by atoms with van der Waals surface area (Å²) in [6, 6.07) is 31.3. The van der Waals surface area contributed by atoms with Crippen LogP contribution in [0, 0.1) is 0 Å². The van der Waals surface area contributed by atoms with Crippen LogP contribution in [0.1, 0.15) is 66.3 Å². The predicted octanol–water partition coefficient (Wildman–Crippen LogP) is 7.02. The summed E-state index contributed by atoms with van der Waals surface area (Å²) in [4.78, 5) is 44.3. The molecule has 0 unspecified atom stereocenters. The molecule has 7 heteroatoms. The van der Waals surface area contributed by atoms with E-state index in [4.69, 9.17) is 4.74 Å². The predicted molar refractivity (Wildman–Crippen MR) is 176 cm³/mol. The van der Waals surface area contributed by atoms with Crippen molar-refractivity contribution in [3.8, 4) is 5.75 Å². The molecular formula is C38H35N3O4. The number of barbiturate groups is 1. The fourth-order valence-electron chi connectivity index (χ4n) is 6.98. The van der Waals surface area contributed by atoms with E-state index in [9.17, 15) is 14.4 Å². The molecule has 1 saturated heterocycles. The van der Waals surface area contributed by atoms with Crippen molar-refractivity contribution in [2.45, 2.75) is 44.6 Å². The zero-order chi connectivity index (χ0) is 31.1. The third-order valence-electron chi connectivity index (χ3n) is 8.94. The van der Waals surface area contributed by atoms with Crippen molar-refractivity contribution in [1.82, 2.24) is 5.32 Å². The van der Waals surface area contributed by atoms with Crippen LogP contribution in [0.5, 0.6) is 5.75 Å². The van der Waals surface area contributed by atoms with Gasteiger partial charge in [-0.1, -0.05) is 78.9 Å². The molecule has 7 rings (SSSR count). The summed E-state index contributed by atoms with van der Waals surface area (Å²) in [5.41, 5.74) is 6.71. The zero-order valence-corrected chi connectivity index (χ0v) is 25.4. The van der Waals surface area contributed by atoms with Gasteiger partial charge in [0.25, 0.3) is 11.8 Å². The number of benzene rings is 4. The lowest BCUT2D eigenvalue weighted by molar-refractivity contribution is -0.122. The van der Waals surface area contributed by atoms with Crippen molar-refractivity contribution in [1.29, 1.82) is 0 Å². The molecule has 7 nitrogen and oxygen atoms in total. The van der Waals surface area contributed by atoms with Gasteiger partial charge in [0, 0.05) is 36.2 Å². The fourth-order valence-corrected chi connectivity index (χ4v) is 6.98. The SMILES string of the molecule is CC(C)Oc1ccccc1/C=C1\C(=O)NC(=O)N(c2cc3c4c(c2)[C@H](c2ccccc2)CCN4CC[C@@H]3c2ccccc2)C1=O. The van der Waals surface area contributed by atoms with Crippen LogP contribution in [0.4, 0.5) is 16.2 Å². The number of para-hydroxylation sites is 1. The van der Waals surface area contributed by atoms with E-state index >= 15 is 0 Å². The van der Waals surface area contributed by atoms with Gasteiger partial charge in [0.2, 0.25) is 0 Å². The molecule has 4 amide bonds. The smallest absolute Gasteiger partial charge is 0.335 e. The van der Waals surface area contributed by atoms with Gasteiger partial charge in [-0.25, -0.2) is 9.69 Å². The highest BCUT2D eigenvalue weighted by atomic mass is 16.5. The summed E-state index contributed by atoms with van der Waals surface area (Å²) in [5.74, 6) is -0.629. The molecular weight excluding hydrogens is 562 g/mol. The Morgan fingerprint density at radius 3 is 1.91 bits per heavy atom. The average molecular weight is 598 g/mol. The number of carbonyl (C=O) groups excluding carboxylic acids is 3. The largest absolute Gasteiger partial charge is 0.490 e. The Morgan fingerprint density at radius 2 is 1.33 bits per heavy atom. The number of anilines is 2. The Kier molecular flexibility index (Phi) is 7.45. The molecule has 3 aliphatic rings. The van der Waals surface area contributed by atoms with Crippen LogP contribution < -0.4 is 19.9 Å². The molecule has 45 heavy (non-hydrogen) atoms. The second-order valence-electron chi connectivity index (χ2n) is 12.1. The Labute approximate surface area is 263 Å². The first-order valence-electron chi connectivity index (χ1n) is 15.6.